The second-order valence-corrected chi connectivity index (χ2v) is 0. The molecule has 0 N–H and O–H groups in total. The molecule has 0 aliphatic rings. The van der Waals surface area contributed by atoms with Gasteiger partial charge in [0.25, 0.3) is 0 Å². The van der Waals surface area contributed by atoms with E-state index in [1.807, 2.05) is 0 Å². The van der Waals surface area contributed by atoms with Crippen molar-refractivity contribution in [3.63, 3.8) is 0 Å². The molecule has 4 heteroatoms. The van der Waals surface area contributed by atoms with Gasteiger partial charge in [0.1, 0.15) is 0 Å². The fraction of sp³-hybridized carbons (Fsp3) is 0. The fourth-order valence-corrected chi connectivity index (χ4v) is 0. The van der Waals surface area contributed by atoms with Crippen molar-refractivity contribution < 1.29 is 70.0 Å². The van der Waals surface area contributed by atoms with Crippen molar-refractivity contribution in [3.8, 4) is 0 Å². The zero-order chi connectivity index (χ0) is 0. The van der Waals surface area contributed by atoms with Crippen LogP contribution in [0.4, 0.5) is 0 Å². The molecule has 4 heavy (non-hydrogen) atoms. The molecule has 0 heterocycles. The van der Waals surface area contributed by atoms with Crippen LogP contribution in [0.2, 0.25) is 0 Å². The Labute approximate surface area is 116 Å². The van der Waals surface area contributed by atoms with E-state index in [1.54, 1.807) is 0 Å². The molecule has 0 aliphatic carbocycles. The van der Waals surface area contributed by atoms with Gasteiger partial charge in [-0.25, -0.2) is 0 Å². The van der Waals surface area contributed by atoms with Crippen molar-refractivity contribution in [2.75, 3.05) is 0 Å². The van der Waals surface area contributed by atoms with E-state index in [-0.39, 0.29) is 119 Å². The van der Waals surface area contributed by atoms with Crippen molar-refractivity contribution in [2.24, 2.45) is 0 Å². The summed E-state index contributed by atoms with van der Waals surface area (Å²) in [4.78, 5) is 0. The summed E-state index contributed by atoms with van der Waals surface area (Å²) in [5.41, 5.74) is 0. The van der Waals surface area contributed by atoms with Gasteiger partial charge >= 0.3 is 0 Å². The molecule has 22 valence electrons. The van der Waals surface area contributed by atoms with Crippen LogP contribution >= 0.6 is 0 Å². The Kier molecular flexibility index (Phi) is 98.7. The number of hydrogen-bond acceptors (Lipinski definition) is 0. The first-order chi connectivity index (χ1) is 0. The normalized spacial score (nSPS) is 0. The van der Waals surface area contributed by atoms with E-state index in [0.29, 0.717) is 0 Å². The maximum atomic E-state index is 0. The van der Waals surface area contributed by atoms with Crippen LogP contribution in [0.1, 0.15) is 0 Å². The quantitative estimate of drug-likeness (QED) is 0.494. The van der Waals surface area contributed by atoms with Crippen LogP contribution in [0.25, 0.3) is 0 Å². The topological polar surface area (TPSA) is 0 Å². The van der Waals surface area contributed by atoms with Crippen LogP contribution in [0.15, 0.2) is 0 Å². The Morgan fingerprint density at radius 1 is 1.00 bits per heavy atom. The fourth-order valence-electron chi connectivity index (χ4n) is 0. The summed E-state index contributed by atoms with van der Waals surface area (Å²) in [6.45, 7) is 0. The summed E-state index contributed by atoms with van der Waals surface area (Å²) < 4.78 is 0. The minimum absolute atomic E-state index is 0. The van der Waals surface area contributed by atoms with E-state index in [0.717, 1.165) is 0 Å². The molecule has 0 aromatic rings. The third-order valence-corrected chi connectivity index (χ3v) is 0. The zero-order valence-corrected chi connectivity index (χ0v) is 12.3. The van der Waals surface area contributed by atoms with E-state index in [4.69, 9.17) is 0 Å². The Bertz CT molecular complexity index is 8.00. The Balaban J connectivity index is 0. The van der Waals surface area contributed by atoms with Crippen LogP contribution in [0, 0.1) is 35.6 Å². The molecule has 0 spiro atoms. The smallest absolute Gasteiger partial charge is 0 e. The Hall–Kier alpha value is 3.82. The molecular formula is BaCrCuLa. The summed E-state index contributed by atoms with van der Waals surface area (Å²) in [5, 5.41) is 0. The van der Waals surface area contributed by atoms with Crippen LogP contribution < -0.4 is 0 Å². The van der Waals surface area contributed by atoms with Gasteiger partial charge in [-0.1, -0.05) is 0 Å². The molecule has 0 rings (SSSR count). The minimum Gasteiger partial charge on any atom is 0 e. The third kappa shape index (κ3) is 9.26. The van der Waals surface area contributed by atoms with Gasteiger partial charge in [-0.15, -0.1) is 0 Å². The summed E-state index contributed by atoms with van der Waals surface area (Å²) in [6, 6.07) is 0. The molecular weight excluding hydrogens is 392 g/mol. The molecule has 0 amide bonds. The average Bonchev–Trinajstić information content (AvgIpc) is 0. The summed E-state index contributed by atoms with van der Waals surface area (Å²) in [7, 11) is 0. The van der Waals surface area contributed by atoms with Crippen LogP contribution in [0.3, 0.4) is 0 Å². The molecule has 0 nitrogen and oxygen atoms in total. The molecule has 0 fully saturated rings. The SMILES string of the molecule is [Ba].[Cr].[Cu].[La]. The van der Waals surface area contributed by atoms with Gasteiger partial charge in [-0.3, -0.25) is 0 Å². The van der Waals surface area contributed by atoms with Gasteiger partial charge in [0, 0.05) is 119 Å². The van der Waals surface area contributed by atoms with Crippen molar-refractivity contribution in [1.29, 1.82) is 0 Å². The first-order valence-electron chi connectivity index (χ1n) is 0. The van der Waals surface area contributed by atoms with E-state index in [9.17, 15) is 0 Å². The number of hydrogen-bond donors (Lipinski definition) is 0. The molecule has 0 aromatic heterocycles. The van der Waals surface area contributed by atoms with Gasteiger partial charge in [0.05, 0.1) is 0 Å². The van der Waals surface area contributed by atoms with E-state index >= 15 is 0 Å². The molecule has 0 atom stereocenters. The predicted molar refractivity (Wildman–Crippen MR) is 5.75 cm³/mol. The first kappa shape index (κ1) is 24.9. The summed E-state index contributed by atoms with van der Waals surface area (Å²) >= 11 is 0. The third-order valence-electron chi connectivity index (χ3n) is 0. The van der Waals surface area contributed by atoms with Crippen molar-refractivity contribution in [2.45, 2.75) is 0 Å². The van der Waals surface area contributed by atoms with Crippen molar-refractivity contribution in [1.82, 2.24) is 0 Å². The molecule has 4 radical (unpaired) electrons. The minimum atomic E-state index is 0. The van der Waals surface area contributed by atoms with Gasteiger partial charge in [-0.2, -0.15) is 0 Å². The second-order valence-electron chi connectivity index (χ2n) is 0. The first-order valence-corrected chi connectivity index (χ1v) is 0. The Morgan fingerprint density at radius 3 is 1.00 bits per heavy atom. The summed E-state index contributed by atoms with van der Waals surface area (Å²) in [6.07, 6.45) is 0. The van der Waals surface area contributed by atoms with E-state index in [2.05, 4.69) is 0 Å². The molecule has 0 aromatic carbocycles. The predicted octanol–water partition coefficient (Wildman–Crippen LogP) is -0.386. The van der Waals surface area contributed by atoms with Crippen LogP contribution in [-0.4, -0.2) is 48.9 Å². The van der Waals surface area contributed by atoms with E-state index < -0.39 is 0 Å². The summed E-state index contributed by atoms with van der Waals surface area (Å²) in [5.74, 6) is 0. The van der Waals surface area contributed by atoms with Gasteiger partial charge in [0.15, 0.2) is 0 Å². The van der Waals surface area contributed by atoms with Gasteiger partial charge in [-0.05, 0) is 0 Å². The molecule has 0 saturated carbocycles. The maximum Gasteiger partial charge on any atom is 0 e. The van der Waals surface area contributed by atoms with Gasteiger partial charge in [0.2, 0.25) is 0 Å². The van der Waals surface area contributed by atoms with Crippen LogP contribution in [0.5, 0.6) is 0 Å². The van der Waals surface area contributed by atoms with Crippen molar-refractivity contribution in [3.05, 3.63) is 0 Å². The number of rotatable bonds is 0. The second kappa shape index (κ2) is 15.8. The standard InChI is InChI=1S/Ba.Cr.Cu.La. The van der Waals surface area contributed by atoms with E-state index in [1.165, 1.54) is 0 Å². The van der Waals surface area contributed by atoms with Crippen molar-refractivity contribution >= 4 is 48.9 Å². The van der Waals surface area contributed by atoms with Crippen LogP contribution in [-0.2, 0) is 34.4 Å². The molecule has 0 unspecified atom stereocenters. The average molecular weight is 392 g/mol. The molecule has 0 bridgehead atoms. The zero-order valence-electron chi connectivity index (χ0n) is 1.99. The Morgan fingerprint density at radius 2 is 1.00 bits per heavy atom. The monoisotopic (exact) mass is 392 g/mol. The largest absolute Gasteiger partial charge is 0 e. The maximum absolute atomic E-state index is 0. The van der Waals surface area contributed by atoms with Gasteiger partial charge < -0.3 is 0 Å². The molecule has 0 aliphatic heterocycles. The molecule has 0 saturated heterocycles.